The van der Waals surface area contributed by atoms with Crippen molar-refractivity contribution in [2.24, 2.45) is 0 Å². The fourth-order valence-electron chi connectivity index (χ4n) is 2.93. The molecule has 0 aliphatic heterocycles. The number of carboxylic acid groups (broad SMARTS) is 1. The summed E-state index contributed by atoms with van der Waals surface area (Å²) in [5, 5.41) is 13.4. The van der Waals surface area contributed by atoms with Crippen LogP contribution in [0.25, 0.3) is 5.69 Å². The molecule has 1 aromatic heterocycles. The van der Waals surface area contributed by atoms with Gasteiger partial charge in [0.05, 0.1) is 22.8 Å². The van der Waals surface area contributed by atoms with Crippen LogP contribution in [0, 0.1) is 6.92 Å². The van der Waals surface area contributed by atoms with Gasteiger partial charge in [-0.1, -0.05) is 17.7 Å². The zero-order valence-corrected chi connectivity index (χ0v) is 18.0. The van der Waals surface area contributed by atoms with Crippen LogP contribution in [-0.4, -0.2) is 31.0 Å². The van der Waals surface area contributed by atoms with Crippen LogP contribution in [-0.2, 0) is 17.5 Å². The molecule has 0 unspecified atom stereocenters. The van der Waals surface area contributed by atoms with Crippen molar-refractivity contribution in [1.82, 2.24) is 14.3 Å². The fraction of sp³-hybridized carbons (Fsp3) is 0.286. The van der Waals surface area contributed by atoms with Crippen molar-refractivity contribution < 1.29 is 27.8 Å². The molecular weight excluding hydrogens is 451 g/mol. The number of aryl methyl sites for hydroxylation is 1. The van der Waals surface area contributed by atoms with Crippen molar-refractivity contribution in [2.75, 3.05) is 0 Å². The number of alkyl halides is 3. The second-order valence-corrected chi connectivity index (χ2v) is 8.03. The van der Waals surface area contributed by atoms with Crippen LogP contribution in [0.2, 0.25) is 5.02 Å². The highest BCUT2D eigenvalue weighted by Crippen LogP contribution is 2.33. The molecule has 0 amide bonds. The van der Waals surface area contributed by atoms with E-state index in [0.29, 0.717) is 11.1 Å². The van der Waals surface area contributed by atoms with Crippen molar-refractivity contribution in [2.45, 2.75) is 39.1 Å². The number of aromatic nitrogens is 3. The summed E-state index contributed by atoms with van der Waals surface area (Å²) in [6.45, 7) is 4.51. The van der Waals surface area contributed by atoms with Gasteiger partial charge in [0.2, 0.25) is 0 Å². The molecule has 0 saturated heterocycles. The monoisotopic (exact) mass is 469 g/mol. The van der Waals surface area contributed by atoms with Crippen LogP contribution in [0.4, 0.5) is 13.2 Å². The lowest BCUT2D eigenvalue weighted by Gasteiger charge is -2.24. The van der Waals surface area contributed by atoms with Crippen molar-refractivity contribution in [3.63, 3.8) is 0 Å². The number of rotatable bonds is 6. The minimum absolute atomic E-state index is 0.0373. The number of benzene rings is 2. The van der Waals surface area contributed by atoms with Crippen LogP contribution in [0.15, 0.2) is 47.5 Å². The third-order valence-electron chi connectivity index (χ3n) is 4.70. The van der Waals surface area contributed by atoms with E-state index >= 15 is 0 Å². The highest BCUT2D eigenvalue weighted by molar-refractivity contribution is 6.32. The number of ether oxygens (including phenoxy) is 1. The van der Waals surface area contributed by atoms with E-state index in [9.17, 15) is 27.9 Å². The zero-order chi connectivity index (χ0) is 23.8. The summed E-state index contributed by atoms with van der Waals surface area (Å²) >= 11 is 6.28. The highest BCUT2D eigenvalue weighted by atomic mass is 35.5. The first-order chi connectivity index (χ1) is 14.8. The minimum atomic E-state index is -4.47. The van der Waals surface area contributed by atoms with Crippen molar-refractivity contribution in [1.29, 1.82) is 0 Å². The molecule has 0 aliphatic rings. The molecule has 1 heterocycles. The molecule has 2 aromatic carbocycles. The Morgan fingerprint density at radius 2 is 1.81 bits per heavy atom. The Balaban J connectivity index is 1.85. The van der Waals surface area contributed by atoms with Crippen molar-refractivity contribution >= 4 is 17.6 Å². The standard InChI is InChI=1S/C21H19ClF3N3O4/c1-12-8-13(9-16(22)17(12)32-20(2,3)18(29)30)10-28-19(31)27(11-26-28)15-6-4-14(5-7-15)21(23,24)25/h4-9,11H,10H2,1-3H3,(H,29,30). The predicted octanol–water partition coefficient (Wildman–Crippen LogP) is 4.30. The average Bonchev–Trinajstić information content (AvgIpc) is 3.04. The van der Waals surface area contributed by atoms with E-state index in [1.165, 1.54) is 38.4 Å². The molecule has 0 atom stereocenters. The molecule has 1 N–H and O–H groups in total. The van der Waals surface area contributed by atoms with E-state index in [1.807, 2.05) is 0 Å². The first-order valence-corrected chi connectivity index (χ1v) is 9.71. The number of carboxylic acids is 1. The first-order valence-electron chi connectivity index (χ1n) is 9.33. The second kappa shape index (κ2) is 8.34. The summed E-state index contributed by atoms with van der Waals surface area (Å²) in [4.78, 5) is 24.0. The van der Waals surface area contributed by atoms with E-state index in [2.05, 4.69) is 5.10 Å². The van der Waals surface area contributed by atoms with Crippen molar-refractivity contribution in [3.05, 3.63) is 74.9 Å². The van der Waals surface area contributed by atoms with Crippen LogP contribution in [0.5, 0.6) is 5.75 Å². The quantitative estimate of drug-likeness (QED) is 0.581. The van der Waals surface area contributed by atoms with Gasteiger partial charge < -0.3 is 9.84 Å². The largest absolute Gasteiger partial charge is 0.478 e. The smallest absolute Gasteiger partial charge is 0.416 e. The Morgan fingerprint density at radius 3 is 2.34 bits per heavy atom. The molecule has 0 radical (unpaired) electrons. The maximum absolute atomic E-state index is 12.7. The highest BCUT2D eigenvalue weighted by Gasteiger charge is 2.31. The number of nitrogens with zero attached hydrogens (tertiary/aromatic N) is 3. The van der Waals surface area contributed by atoms with Crippen LogP contribution in [0.3, 0.4) is 0 Å². The maximum atomic E-state index is 12.7. The molecule has 0 aliphatic carbocycles. The molecule has 3 aromatic rings. The fourth-order valence-corrected chi connectivity index (χ4v) is 3.26. The molecule has 7 nitrogen and oxygen atoms in total. The normalized spacial score (nSPS) is 12.1. The molecular formula is C21H19ClF3N3O4. The maximum Gasteiger partial charge on any atom is 0.416 e. The summed E-state index contributed by atoms with van der Waals surface area (Å²) in [5.74, 6) is -0.942. The van der Waals surface area contributed by atoms with Gasteiger partial charge >= 0.3 is 17.8 Å². The molecule has 0 spiro atoms. The second-order valence-electron chi connectivity index (χ2n) is 7.63. The summed E-state index contributed by atoms with van der Waals surface area (Å²) in [6, 6.07) is 7.37. The Hall–Kier alpha value is -3.27. The SMILES string of the molecule is Cc1cc(Cn2ncn(-c3ccc(C(F)(F)F)cc3)c2=O)cc(Cl)c1OC(C)(C)C(=O)O. The van der Waals surface area contributed by atoms with Crippen LogP contribution in [0.1, 0.15) is 30.5 Å². The number of halogens is 4. The molecule has 11 heteroatoms. The number of carbonyl (C=O) groups is 1. The number of hydrogen-bond acceptors (Lipinski definition) is 4. The van der Waals surface area contributed by atoms with E-state index in [4.69, 9.17) is 16.3 Å². The molecule has 32 heavy (non-hydrogen) atoms. The Labute approximate surface area is 185 Å². The predicted molar refractivity (Wildman–Crippen MR) is 110 cm³/mol. The van der Waals surface area contributed by atoms with Gasteiger partial charge in [-0.2, -0.15) is 18.3 Å². The summed E-state index contributed by atoms with van der Waals surface area (Å²) in [6.07, 6.45) is -3.26. The van der Waals surface area contributed by atoms with Crippen LogP contribution < -0.4 is 10.4 Å². The lowest BCUT2D eigenvalue weighted by Crippen LogP contribution is -2.38. The third kappa shape index (κ3) is 4.80. The Bertz CT molecular complexity index is 1190. The van der Waals surface area contributed by atoms with Gasteiger partial charge in [0.1, 0.15) is 12.1 Å². The summed E-state index contributed by atoms with van der Waals surface area (Å²) < 4.78 is 46.0. The lowest BCUT2D eigenvalue weighted by atomic mass is 10.1. The minimum Gasteiger partial charge on any atom is -0.478 e. The lowest BCUT2D eigenvalue weighted by molar-refractivity contribution is -0.152. The van der Waals surface area contributed by atoms with Gasteiger partial charge in [-0.05, 0) is 62.2 Å². The zero-order valence-electron chi connectivity index (χ0n) is 17.3. The van der Waals surface area contributed by atoms with Gasteiger partial charge in [-0.25, -0.2) is 18.8 Å². The summed E-state index contributed by atoms with van der Waals surface area (Å²) in [5.41, 5.74) is -1.45. The average molecular weight is 470 g/mol. The van der Waals surface area contributed by atoms with Gasteiger partial charge in [0.25, 0.3) is 0 Å². The topological polar surface area (TPSA) is 86.4 Å². The molecule has 3 rings (SSSR count). The first kappa shape index (κ1) is 23.4. The van der Waals surface area contributed by atoms with Gasteiger partial charge in [-0.15, -0.1) is 0 Å². The number of hydrogen-bond donors (Lipinski definition) is 1. The van der Waals surface area contributed by atoms with E-state index in [1.54, 1.807) is 13.0 Å². The van der Waals surface area contributed by atoms with E-state index < -0.39 is 29.0 Å². The number of aliphatic carboxylic acids is 1. The van der Waals surface area contributed by atoms with Crippen LogP contribution >= 0.6 is 11.6 Å². The third-order valence-corrected chi connectivity index (χ3v) is 4.98. The van der Waals surface area contributed by atoms with E-state index in [-0.39, 0.29) is 23.0 Å². The van der Waals surface area contributed by atoms with E-state index in [0.717, 1.165) is 21.4 Å². The van der Waals surface area contributed by atoms with Crippen molar-refractivity contribution in [3.8, 4) is 11.4 Å². The molecule has 0 saturated carbocycles. The van der Waals surface area contributed by atoms with Gasteiger partial charge in [0.15, 0.2) is 5.60 Å². The Kier molecular flexibility index (Phi) is 6.10. The molecule has 0 fully saturated rings. The summed E-state index contributed by atoms with van der Waals surface area (Å²) in [7, 11) is 0. The van der Waals surface area contributed by atoms with Gasteiger partial charge in [0, 0.05) is 0 Å². The molecule has 170 valence electrons. The van der Waals surface area contributed by atoms with Gasteiger partial charge in [-0.3, -0.25) is 0 Å². The molecule has 0 bridgehead atoms. The Morgan fingerprint density at radius 1 is 1.19 bits per heavy atom.